The Morgan fingerprint density at radius 2 is 1.81 bits per heavy atom. The normalized spacial score (nSPS) is 10.6. The minimum Gasteiger partial charge on any atom is -0.478 e. The van der Waals surface area contributed by atoms with Crippen LogP contribution < -0.4 is 0 Å². The van der Waals surface area contributed by atoms with E-state index in [0.717, 1.165) is 27.8 Å². The average Bonchev–Trinajstić information content (AvgIpc) is 3.11. The topological polar surface area (TPSA) is 78.9 Å². The van der Waals surface area contributed by atoms with Crippen LogP contribution in [-0.2, 0) is 0 Å². The Labute approximate surface area is 149 Å². The highest BCUT2D eigenvalue weighted by Gasteiger charge is 2.10. The number of carbonyl (C=O) groups is 1. The summed E-state index contributed by atoms with van der Waals surface area (Å²) in [5, 5.41) is 18.2. The molecule has 0 atom stereocenters. The molecule has 124 valence electrons. The van der Waals surface area contributed by atoms with Crippen LogP contribution in [-0.4, -0.2) is 20.6 Å². The van der Waals surface area contributed by atoms with Crippen LogP contribution in [0.5, 0.6) is 0 Å². The highest BCUT2D eigenvalue weighted by Crippen LogP contribution is 2.25. The maximum Gasteiger partial charge on any atom is 0.335 e. The maximum atomic E-state index is 11.3. The molecule has 3 aromatic carbocycles. The molecule has 5 heteroatoms. The van der Waals surface area contributed by atoms with Crippen LogP contribution in [0.1, 0.15) is 15.9 Å². The standard InChI is InChI=1S/C21H13N3O2/c22-12-14-4-6-15(7-5-14)16-2-1-3-18(10-16)24-13-23-19-9-8-17(21(25)26)11-20(19)24/h1-11,13H,(H,25,26). The van der Waals surface area contributed by atoms with E-state index in [1.165, 1.54) is 0 Å². The second-order valence-corrected chi connectivity index (χ2v) is 5.86. The number of carboxylic acids is 1. The highest BCUT2D eigenvalue weighted by atomic mass is 16.4. The van der Waals surface area contributed by atoms with Gasteiger partial charge in [0.15, 0.2) is 0 Å². The Bertz CT molecular complexity index is 1170. The molecular formula is C21H13N3O2. The van der Waals surface area contributed by atoms with Crippen LogP contribution in [0.15, 0.2) is 73.1 Å². The Hall–Kier alpha value is -3.91. The Morgan fingerprint density at radius 3 is 2.54 bits per heavy atom. The van der Waals surface area contributed by atoms with Crippen LogP contribution in [0, 0.1) is 11.3 Å². The summed E-state index contributed by atoms with van der Waals surface area (Å²) >= 11 is 0. The van der Waals surface area contributed by atoms with Crippen LogP contribution in [0.3, 0.4) is 0 Å². The van der Waals surface area contributed by atoms with Gasteiger partial charge in [0.05, 0.1) is 28.2 Å². The lowest BCUT2D eigenvalue weighted by molar-refractivity contribution is 0.0697. The zero-order chi connectivity index (χ0) is 18.1. The van der Waals surface area contributed by atoms with Gasteiger partial charge in [0, 0.05) is 5.69 Å². The minimum atomic E-state index is -0.967. The number of nitrogens with zero attached hydrogens (tertiary/aromatic N) is 3. The zero-order valence-corrected chi connectivity index (χ0v) is 13.6. The summed E-state index contributed by atoms with van der Waals surface area (Å²) in [6.45, 7) is 0. The smallest absolute Gasteiger partial charge is 0.335 e. The van der Waals surface area contributed by atoms with Crippen molar-refractivity contribution in [1.29, 1.82) is 5.26 Å². The number of hydrogen-bond donors (Lipinski definition) is 1. The van der Waals surface area contributed by atoms with Crippen molar-refractivity contribution in [2.45, 2.75) is 0 Å². The molecular weight excluding hydrogens is 326 g/mol. The molecule has 0 saturated heterocycles. The molecule has 4 aromatic rings. The molecule has 0 fully saturated rings. The average molecular weight is 339 g/mol. The van der Waals surface area contributed by atoms with E-state index < -0.39 is 5.97 Å². The quantitative estimate of drug-likeness (QED) is 0.605. The summed E-state index contributed by atoms with van der Waals surface area (Å²) in [6.07, 6.45) is 1.69. The van der Waals surface area contributed by atoms with Crippen molar-refractivity contribution in [2.75, 3.05) is 0 Å². The molecule has 0 aliphatic carbocycles. The van der Waals surface area contributed by atoms with Gasteiger partial charge in [-0.1, -0.05) is 24.3 Å². The first-order valence-electron chi connectivity index (χ1n) is 7.97. The van der Waals surface area contributed by atoms with E-state index in [2.05, 4.69) is 11.1 Å². The van der Waals surface area contributed by atoms with Gasteiger partial charge in [0.25, 0.3) is 0 Å². The molecule has 1 N–H and O–H groups in total. The molecule has 0 unspecified atom stereocenters. The summed E-state index contributed by atoms with van der Waals surface area (Å²) < 4.78 is 1.87. The number of hydrogen-bond acceptors (Lipinski definition) is 3. The van der Waals surface area contributed by atoms with E-state index in [1.807, 2.05) is 41.0 Å². The van der Waals surface area contributed by atoms with Gasteiger partial charge >= 0.3 is 5.97 Å². The van der Waals surface area contributed by atoms with Gasteiger partial charge in [-0.25, -0.2) is 9.78 Å². The number of carboxylic acid groups (broad SMARTS) is 1. The summed E-state index contributed by atoms with van der Waals surface area (Å²) in [7, 11) is 0. The third-order valence-electron chi connectivity index (χ3n) is 4.27. The monoisotopic (exact) mass is 339 g/mol. The molecule has 1 heterocycles. The largest absolute Gasteiger partial charge is 0.478 e. The Morgan fingerprint density at radius 1 is 1.00 bits per heavy atom. The van der Waals surface area contributed by atoms with Gasteiger partial charge in [-0.15, -0.1) is 0 Å². The number of nitriles is 1. The fourth-order valence-corrected chi connectivity index (χ4v) is 2.92. The SMILES string of the molecule is N#Cc1ccc(-c2cccc(-n3cnc4ccc(C(=O)O)cc43)c2)cc1. The number of fused-ring (bicyclic) bond motifs is 1. The van der Waals surface area contributed by atoms with Crippen molar-refractivity contribution >= 4 is 17.0 Å². The van der Waals surface area contributed by atoms with Crippen LogP contribution >= 0.6 is 0 Å². The van der Waals surface area contributed by atoms with E-state index in [9.17, 15) is 9.90 Å². The van der Waals surface area contributed by atoms with E-state index in [4.69, 9.17) is 5.26 Å². The second kappa shape index (κ2) is 6.19. The lowest BCUT2D eigenvalue weighted by Gasteiger charge is -2.08. The fourth-order valence-electron chi connectivity index (χ4n) is 2.92. The van der Waals surface area contributed by atoms with Gasteiger partial charge in [-0.2, -0.15) is 5.26 Å². The maximum absolute atomic E-state index is 11.3. The molecule has 0 saturated carbocycles. The fraction of sp³-hybridized carbons (Fsp3) is 0. The number of imidazole rings is 1. The molecule has 0 aliphatic rings. The number of benzene rings is 3. The first-order chi connectivity index (χ1) is 12.7. The molecule has 0 radical (unpaired) electrons. The number of rotatable bonds is 3. The van der Waals surface area contributed by atoms with Crippen molar-refractivity contribution in [3.8, 4) is 22.9 Å². The molecule has 0 bridgehead atoms. The van der Waals surface area contributed by atoms with Crippen molar-refractivity contribution in [2.24, 2.45) is 0 Å². The Balaban J connectivity index is 1.81. The van der Waals surface area contributed by atoms with Crippen molar-refractivity contribution < 1.29 is 9.90 Å². The van der Waals surface area contributed by atoms with Crippen molar-refractivity contribution in [1.82, 2.24) is 9.55 Å². The number of aromatic carboxylic acids is 1. The second-order valence-electron chi connectivity index (χ2n) is 5.86. The summed E-state index contributed by atoms with van der Waals surface area (Å²) in [6, 6.07) is 22.3. The van der Waals surface area contributed by atoms with Crippen LogP contribution in [0.4, 0.5) is 0 Å². The summed E-state index contributed by atoms with van der Waals surface area (Å²) in [5.74, 6) is -0.967. The van der Waals surface area contributed by atoms with E-state index in [-0.39, 0.29) is 5.56 Å². The molecule has 4 rings (SSSR count). The van der Waals surface area contributed by atoms with Gasteiger partial charge in [-0.3, -0.25) is 4.57 Å². The zero-order valence-electron chi connectivity index (χ0n) is 13.6. The van der Waals surface area contributed by atoms with E-state index in [1.54, 1.807) is 36.7 Å². The molecule has 0 spiro atoms. The van der Waals surface area contributed by atoms with Crippen LogP contribution in [0.2, 0.25) is 0 Å². The van der Waals surface area contributed by atoms with Gasteiger partial charge in [-0.05, 0) is 53.6 Å². The molecule has 0 amide bonds. The van der Waals surface area contributed by atoms with Crippen molar-refractivity contribution in [3.63, 3.8) is 0 Å². The van der Waals surface area contributed by atoms with Gasteiger partial charge in [0.2, 0.25) is 0 Å². The predicted octanol–water partition coefficient (Wildman–Crippen LogP) is 4.26. The molecule has 0 aliphatic heterocycles. The summed E-state index contributed by atoms with van der Waals surface area (Å²) in [4.78, 5) is 15.6. The molecule has 26 heavy (non-hydrogen) atoms. The lowest BCUT2D eigenvalue weighted by atomic mass is 10.0. The van der Waals surface area contributed by atoms with Gasteiger partial charge in [0.1, 0.15) is 6.33 Å². The first-order valence-corrected chi connectivity index (χ1v) is 7.97. The predicted molar refractivity (Wildman–Crippen MR) is 98.2 cm³/mol. The third kappa shape index (κ3) is 2.70. The third-order valence-corrected chi connectivity index (χ3v) is 4.27. The minimum absolute atomic E-state index is 0.225. The summed E-state index contributed by atoms with van der Waals surface area (Å²) in [5.41, 5.74) is 5.21. The Kier molecular flexibility index (Phi) is 3.71. The van der Waals surface area contributed by atoms with Gasteiger partial charge < -0.3 is 5.11 Å². The first kappa shape index (κ1) is 15.6. The lowest BCUT2D eigenvalue weighted by Crippen LogP contribution is -1.97. The molecule has 1 aromatic heterocycles. The van der Waals surface area contributed by atoms with Crippen molar-refractivity contribution in [3.05, 3.63) is 84.2 Å². The number of aromatic nitrogens is 2. The van der Waals surface area contributed by atoms with Crippen LogP contribution in [0.25, 0.3) is 27.8 Å². The highest BCUT2D eigenvalue weighted by molar-refractivity contribution is 5.92. The van der Waals surface area contributed by atoms with E-state index >= 15 is 0 Å². The molecule has 5 nitrogen and oxygen atoms in total. The van der Waals surface area contributed by atoms with E-state index in [0.29, 0.717) is 5.56 Å².